The molecule has 0 aliphatic carbocycles. The topological polar surface area (TPSA) is 95.9 Å². The number of benzene rings is 1. The van der Waals surface area contributed by atoms with Crippen LogP contribution in [0.3, 0.4) is 0 Å². The summed E-state index contributed by atoms with van der Waals surface area (Å²) in [5, 5.41) is 11.9. The molecule has 7 nitrogen and oxygen atoms in total. The Bertz CT molecular complexity index is 652. The van der Waals surface area contributed by atoms with E-state index in [1.165, 1.54) is 0 Å². The Morgan fingerprint density at radius 3 is 2.41 bits per heavy atom. The molecule has 1 saturated heterocycles. The summed E-state index contributed by atoms with van der Waals surface area (Å²) in [6, 6.07) is 9.18. The van der Waals surface area contributed by atoms with Crippen molar-refractivity contribution >= 4 is 17.8 Å². The van der Waals surface area contributed by atoms with E-state index in [1.54, 1.807) is 30.9 Å². The van der Waals surface area contributed by atoms with Crippen molar-refractivity contribution in [3.63, 3.8) is 0 Å². The Kier molecular flexibility index (Phi) is 7.21. The third-order valence-corrected chi connectivity index (χ3v) is 4.95. The number of para-hydroxylation sites is 1. The van der Waals surface area contributed by atoms with Gasteiger partial charge >= 0.3 is 5.97 Å². The van der Waals surface area contributed by atoms with Crippen molar-refractivity contribution in [2.24, 2.45) is 11.3 Å². The van der Waals surface area contributed by atoms with Crippen molar-refractivity contribution in [1.82, 2.24) is 10.2 Å². The van der Waals surface area contributed by atoms with E-state index in [-0.39, 0.29) is 24.3 Å². The Morgan fingerprint density at radius 1 is 1.19 bits per heavy atom. The lowest BCUT2D eigenvalue weighted by Crippen LogP contribution is -2.45. The Hall–Kier alpha value is -2.57. The van der Waals surface area contributed by atoms with E-state index in [1.807, 2.05) is 18.2 Å². The fourth-order valence-electron chi connectivity index (χ4n) is 2.89. The zero-order valence-electron chi connectivity index (χ0n) is 15.9. The predicted octanol–water partition coefficient (Wildman–Crippen LogP) is 1.92. The average molecular weight is 376 g/mol. The van der Waals surface area contributed by atoms with Crippen LogP contribution in [0.25, 0.3) is 0 Å². The van der Waals surface area contributed by atoms with Gasteiger partial charge < -0.3 is 20.1 Å². The van der Waals surface area contributed by atoms with Crippen molar-refractivity contribution in [3.8, 4) is 5.75 Å². The zero-order chi connectivity index (χ0) is 19.9. The predicted molar refractivity (Wildman–Crippen MR) is 100 cm³/mol. The number of carbonyl (C=O) groups excluding carboxylic acids is 2. The zero-order valence-corrected chi connectivity index (χ0v) is 15.9. The molecule has 27 heavy (non-hydrogen) atoms. The number of carboxylic acids is 1. The summed E-state index contributed by atoms with van der Waals surface area (Å²) >= 11 is 0. The molecule has 1 aliphatic rings. The molecule has 2 rings (SSSR count). The van der Waals surface area contributed by atoms with Crippen LogP contribution in [-0.2, 0) is 14.4 Å². The number of aliphatic carboxylic acids is 1. The fourth-order valence-corrected chi connectivity index (χ4v) is 2.89. The van der Waals surface area contributed by atoms with Gasteiger partial charge in [-0.15, -0.1) is 0 Å². The lowest BCUT2D eigenvalue weighted by molar-refractivity contribution is -0.147. The molecule has 0 unspecified atom stereocenters. The number of nitrogens with zero attached hydrogens (tertiary/aromatic N) is 1. The highest BCUT2D eigenvalue weighted by Crippen LogP contribution is 2.21. The van der Waals surface area contributed by atoms with Crippen LogP contribution in [-0.4, -0.2) is 54.0 Å². The minimum atomic E-state index is -0.874. The molecule has 148 valence electrons. The van der Waals surface area contributed by atoms with E-state index >= 15 is 0 Å². The number of likely N-dealkylation sites (tertiary alicyclic amines) is 1. The molecule has 1 aliphatic heterocycles. The number of nitrogens with one attached hydrogen (secondary N) is 1. The van der Waals surface area contributed by atoms with E-state index in [0.717, 1.165) is 0 Å². The van der Waals surface area contributed by atoms with Gasteiger partial charge in [0, 0.05) is 25.6 Å². The van der Waals surface area contributed by atoms with Crippen LogP contribution in [0.4, 0.5) is 0 Å². The average Bonchev–Trinajstić information content (AvgIpc) is 2.66. The molecular weight excluding hydrogens is 348 g/mol. The maximum atomic E-state index is 12.3. The van der Waals surface area contributed by atoms with E-state index in [0.29, 0.717) is 44.6 Å². The summed E-state index contributed by atoms with van der Waals surface area (Å²) in [5.41, 5.74) is -0.859. The van der Waals surface area contributed by atoms with E-state index in [2.05, 4.69) is 5.32 Å². The maximum absolute atomic E-state index is 12.3. The first kappa shape index (κ1) is 20.7. The highest BCUT2D eigenvalue weighted by molar-refractivity contribution is 5.80. The second-order valence-electron chi connectivity index (χ2n) is 7.49. The minimum Gasteiger partial charge on any atom is -0.484 e. The number of rotatable bonds is 8. The fraction of sp³-hybridized carbons (Fsp3) is 0.550. The van der Waals surface area contributed by atoms with Crippen LogP contribution in [0.15, 0.2) is 30.3 Å². The minimum absolute atomic E-state index is 0.00878. The summed E-state index contributed by atoms with van der Waals surface area (Å²) in [4.78, 5) is 37.3. The van der Waals surface area contributed by atoms with Crippen molar-refractivity contribution in [2.75, 3.05) is 26.2 Å². The first-order valence-electron chi connectivity index (χ1n) is 9.26. The molecule has 1 heterocycles. The van der Waals surface area contributed by atoms with Crippen LogP contribution in [0, 0.1) is 11.3 Å². The van der Waals surface area contributed by atoms with Gasteiger partial charge in [0.15, 0.2) is 6.61 Å². The number of ether oxygens (including phenoxy) is 1. The summed E-state index contributed by atoms with van der Waals surface area (Å²) in [5.74, 6) is -0.507. The molecule has 2 N–H and O–H groups in total. The van der Waals surface area contributed by atoms with Crippen molar-refractivity contribution < 1.29 is 24.2 Å². The molecule has 1 aromatic rings. The number of hydrogen-bond acceptors (Lipinski definition) is 4. The van der Waals surface area contributed by atoms with Gasteiger partial charge in [0.25, 0.3) is 5.91 Å². The molecule has 0 spiro atoms. The summed E-state index contributed by atoms with van der Waals surface area (Å²) in [6.07, 6.45) is 1.58. The number of hydrogen-bond donors (Lipinski definition) is 2. The second-order valence-corrected chi connectivity index (χ2v) is 7.49. The maximum Gasteiger partial charge on any atom is 0.309 e. The highest BCUT2D eigenvalue weighted by atomic mass is 16.5. The first-order valence-corrected chi connectivity index (χ1v) is 9.26. The van der Waals surface area contributed by atoms with E-state index in [9.17, 15) is 14.4 Å². The van der Waals surface area contributed by atoms with E-state index < -0.39 is 11.4 Å². The highest BCUT2D eigenvalue weighted by Gasteiger charge is 2.29. The number of piperidine rings is 1. The summed E-state index contributed by atoms with van der Waals surface area (Å²) in [7, 11) is 0. The molecule has 0 saturated carbocycles. The van der Waals surface area contributed by atoms with Crippen LogP contribution in [0.1, 0.15) is 33.1 Å². The standard InChI is InChI=1S/C20H28N2O5/c1-20(2,19(25)26)10-11-21-18(24)15-8-12-22(13-9-15)17(23)14-27-16-6-4-3-5-7-16/h3-7,15H,8-14H2,1-2H3,(H,21,24)(H,25,26). The normalized spacial score (nSPS) is 15.3. The van der Waals surface area contributed by atoms with Gasteiger partial charge in [0.1, 0.15) is 5.75 Å². The molecule has 1 fully saturated rings. The van der Waals surface area contributed by atoms with Gasteiger partial charge in [-0.25, -0.2) is 0 Å². The molecule has 7 heteroatoms. The second kappa shape index (κ2) is 9.39. The first-order chi connectivity index (χ1) is 12.8. The molecule has 0 bridgehead atoms. The molecule has 0 aromatic heterocycles. The largest absolute Gasteiger partial charge is 0.484 e. The van der Waals surface area contributed by atoms with Gasteiger partial charge in [-0.2, -0.15) is 0 Å². The quantitative estimate of drug-likeness (QED) is 0.723. The lowest BCUT2D eigenvalue weighted by Gasteiger charge is -2.31. The van der Waals surface area contributed by atoms with Crippen molar-refractivity contribution in [3.05, 3.63) is 30.3 Å². The van der Waals surface area contributed by atoms with Gasteiger partial charge in [0.2, 0.25) is 5.91 Å². The molecule has 1 aromatic carbocycles. The van der Waals surface area contributed by atoms with Crippen LogP contribution in [0.2, 0.25) is 0 Å². The SMILES string of the molecule is CC(C)(CCNC(=O)C1CCN(C(=O)COc2ccccc2)CC1)C(=O)O. The molecule has 0 atom stereocenters. The third kappa shape index (κ3) is 6.27. The van der Waals surface area contributed by atoms with Crippen LogP contribution in [0.5, 0.6) is 5.75 Å². The molecule has 0 radical (unpaired) electrons. The summed E-state index contributed by atoms with van der Waals surface area (Å²) in [6.45, 7) is 4.66. The Morgan fingerprint density at radius 2 is 1.81 bits per heavy atom. The van der Waals surface area contributed by atoms with Crippen LogP contribution < -0.4 is 10.1 Å². The van der Waals surface area contributed by atoms with Gasteiger partial charge in [-0.3, -0.25) is 14.4 Å². The van der Waals surface area contributed by atoms with Gasteiger partial charge in [-0.1, -0.05) is 18.2 Å². The molecular formula is C20H28N2O5. The van der Waals surface area contributed by atoms with Gasteiger partial charge in [-0.05, 0) is 45.2 Å². The number of carbonyl (C=O) groups is 3. The molecule has 2 amide bonds. The van der Waals surface area contributed by atoms with Crippen LogP contribution >= 0.6 is 0 Å². The summed E-state index contributed by atoms with van der Waals surface area (Å²) < 4.78 is 5.48. The van der Waals surface area contributed by atoms with Gasteiger partial charge in [0.05, 0.1) is 5.41 Å². The number of amides is 2. The monoisotopic (exact) mass is 376 g/mol. The Labute approximate surface area is 159 Å². The lowest BCUT2D eigenvalue weighted by atomic mass is 9.89. The van der Waals surface area contributed by atoms with Crippen molar-refractivity contribution in [2.45, 2.75) is 33.1 Å². The smallest absolute Gasteiger partial charge is 0.309 e. The Balaban J connectivity index is 1.69. The number of carboxylic acid groups (broad SMARTS) is 1. The van der Waals surface area contributed by atoms with E-state index in [4.69, 9.17) is 9.84 Å². The third-order valence-electron chi connectivity index (χ3n) is 4.95. The van der Waals surface area contributed by atoms with Crippen molar-refractivity contribution in [1.29, 1.82) is 0 Å².